The molecular weight excluding hydrogens is 342 g/mol. The summed E-state index contributed by atoms with van der Waals surface area (Å²) in [7, 11) is 1.61. The van der Waals surface area contributed by atoms with Crippen LogP contribution in [0.2, 0.25) is 0 Å². The van der Waals surface area contributed by atoms with E-state index in [4.69, 9.17) is 14.2 Å². The Morgan fingerprint density at radius 1 is 1.04 bits per heavy atom. The molecule has 1 N–H and O–H groups in total. The highest BCUT2D eigenvalue weighted by molar-refractivity contribution is 5.77. The maximum atomic E-state index is 12.2. The Kier molecular flexibility index (Phi) is 6.58. The third-order valence-corrected chi connectivity index (χ3v) is 4.73. The second-order valence-corrected chi connectivity index (χ2v) is 6.58. The normalized spacial score (nSPS) is 12.8. The first-order valence-corrected chi connectivity index (χ1v) is 9.51. The lowest BCUT2D eigenvalue weighted by molar-refractivity contribution is -0.123. The van der Waals surface area contributed by atoms with Crippen molar-refractivity contribution in [3.05, 3.63) is 53.1 Å². The summed E-state index contributed by atoms with van der Waals surface area (Å²) in [5.41, 5.74) is 3.55. The summed E-state index contributed by atoms with van der Waals surface area (Å²) in [6, 6.07) is 11.8. The summed E-state index contributed by atoms with van der Waals surface area (Å²) < 4.78 is 16.6. The highest BCUT2D eigenvalue weighted by Crippen LogP contribution is 2.30. The van der Waals surface area contributed by atoms with Crippen molar-refractivity contribution in [3.8, 4) is 17.2 Å². The molecule has 1 aliphatic rings. The topological polar surface area (TPSA) is 56.8 Å². The van der Waals surface area contributed by atoms with Crippen LogP contribution in [0.5, 0.6) is 17.2 Å². The Morgan fingerprint density at radius 3 is 2.70 bits per heavy atom. The van der Waals surface area contributed by atoms with Gasteiger partial charge in [-0.2, -0.15) is 0 Å². The zero-order valence-corrected chi connectivity index (χ0v) is 16.0. The molecule has 0 unspecified atom stereocenters. The largest absolute Gasteiger partial charge is 0.493 e. The Labute approximate surface area is 160 Å². The number of fused-ring (bicyclic) bond motifs is 1. The summed E-state index contributed by atoms with van der Waals surface area (Å²) in [5.74, 6) is 2.06. The number of nitrogens with one attached hydrogen (secondary N) is 1. The smallest absolute Gasteiger partial charge is 0.258 e. The van der Waals surface area contributed by atoms with Crippen LogP contribution < -0.4 is 19.5 Å². The molecule has 0 aliphatic heterocycles. The predicted molar refractivity (Wildman–Crippen MR) is 105 cm³/mol. The first-order valence-electron chi connectivity index (χ1n) is 9.51. The second-order valence-electron chi connectivity index (χ2n) is 6.58. The molecule has 1 amide bonds. The van der Waals surface area contributed by atoms with Crippen molar-refractivity contribution < 1.29 is 19.0 Å². The van der Waals surface area contributed by atoms with Crippen LogP contribution >= 0.6 is 0 Å². The van der Waals surface area contributed by atoms with Crippen molar-refractivity contribution in [1.82, 2.24) is 5.32 Å². The number of carbonyl (C=O) groups is 1. The number of carbonyl (C=O) groups excluding carboxylic acids is 1. The maximum Gasteiger partial charge on any atom is 0.258 e. The van der Waals surface area contributed by atoms with Gasteiger partial charge in [-0.25, -0.2) is 0 Å². The minimum Gasteiger partial charge on any atom is -0.493 e. The lowest BCUT2D eigenvalue weighted by atomic mass is 9.91. The molecule has 0 heterocycles. The molecule has 0 aromatic heterocycles. The van der Waals surface area contributed by atoms with Gasteiger partial charge in [0.15, 0.2) is 18.1 Å². The van der Waals surface area contributed by atoms with E-state index >= 15 is 0 Å². The number of rotatable bonds is 8. The van der Waals surface area contributed by atoms with Crippen LogP contribution in [-0.4, -0.2) is 26.2 Å². The van der Waals surface area contributed by atoms with Gasteiger partial charge in [-0.3, -0.25) is 4.79 Å². The fourth-order valence-electron chi connectivity index (χ4n) is 3.38. The van der Waals surface area contributed by atoms with Gasteiger partial charge in [0.2, 0.25) is 0 Å². The number of methoxy groups -OCH3 is 1. The molecule has 0 fully saturated rings. The van der Waals surface area contributed by atoms with Crippen LogP contribution in [0.4, 0.5) is 0 Å². The zero-order valence-electron chi connectivity index (χ0n) is 16.0. The Bertz CT molecular complexity index is 788. The lowest BCUT2D eigenvalue weighted by Crippen LogP contribution is -2.28. The van der Waals surface area contributed by atoms with Gasteiger partial charge in [-0.1, -0.05) is 18.2 Å². The van der Waals surface area contributed by atoms with Crippen molar-refractivity contribution in [3.63, 3.8) is 0 Å². The number of ether oxygens (including phenoxy) is 3. The summed E-state index contributed by atoms with van der Waals surface area (Å²) >= 11 is 0. The summed E-state index contributed by atoms with van der Waals surface area (Å²) in [6.07, 6.45) is 4.53. The van der Waals surface area contributed by atoms with Crippen molar-refractivity contribution in [2.45, 2.75) is 39.2 Å². The molecular formula is C22H27NO4. The third kappa shape index (κ3) is 4.94. The molecule has 0 saturated carbocycles. The monoisotopic (exact) mass is 369 g/mol. The van der Waals surface area contributed by atoms with E-state index in [2.05, 4.69) is 11.4 Å². The zero-order chi connectivity index (χ0) is 19.1. The van der Waals surface area contributed by atoms with Gasteiger partial charge >= 0.3 is 0 Å². The van der Waals surface area contributed by atoms with Crippen molar-refractivity contribution in [2.75, 3.05) is 20.3 Å². The number of hydrogen-bond donors (Lipinski definition) is 1. The van der Waals surface area contributed by atoms with E-state index in [1.54, 1.807) is 7.11 Å². The third-order valence-electron chi connectivity index (χ3n) is 4.73. The van der Waals surface area contributed by atoms with Crippen LogP contribution in [0.25, 0.3) is 0 Å². The average Bonchev–Trinajstić information content (AvgIpc) is 2.71. The van der Waals surface area contributed by atoms with Crippen LogP contribution in [0.3, 0.4) is 0 Å². The van der Waals surface area contributed by atoms with Gasteiger partial charge in [-0.05, 0) is 67.5 Å². The van der Waals surface area contributed by atoms with Gasteiger partial charge < -0.3 is 19.5 Å². The molecule has 0 atom stereocenters. The molecule has 27 heavy (non-hydrogen) atoms. The van der Waals surface area contributed by atoms with E-state index in [0.717, 1.165) is 24.2 Å². The molecule has 0 bridgehead atoms. The number of hydrogen-bond acceptors (Lipinski definition) is 4. The first-order chi connectivity index (χ1) is 13.2. The fourth-order valence-corrected chi connectivity index (χ4v) is 3.38. The number of aryl methyl sites for hydroxylation is 1. The van der Waals surface area contributed by atoms with Gasteiger partial charge in [0.25, 0.3) is 5.91 Å². The molecule has 1 aliphatic carbocycles. The standard InChI is InChI=1S/C22H27NO4/c1-3-26-21-13-16(11-12-20(21)25-2)14-23-22(24)15-27-19-10-6-8-17-7-4-5-9-18(17)19/h6,8,10-13H,3-5,7,9,14-15H2,1-2H3,(H,23,24). The molecule has 0 saturated heterocycles. The van der Waals surface area contributed by atoms with E-state index in [1.165, 1.54) is 24.0 Å². The Hall–Kier alpha value is -2.69. The van der Waals surface area contributed by atoms with Gasteiger partial charge in [0.1, 0.15) is 5.75 Å². The van der Waals surface area contributed by atoms with Crippen LogP contribution in [0.1, 0.15) is 36.5 Å². The molecule has 5 nitrogen and oxygen atoms in total. The summed E-state index contributed by atoms with van der Waals surface area (Å²) in [4.78, 5) is 12.2. The van der Waals surface area contributed by atoms with E-state index < -0.39 is 0 Å². The maximum absolute atomic E-state index is 12.2. The molecule has 2 aromatic rings. The van der Waals surface area contributed by atoms with Gasteiger partial charge in [-0.15, -0.1) is 0 Å². The van der Waals surface area contributed by atoms with Crippen molar-refractivity contribution in [1.29, 1.82) is 0 Å². The van der Waals surface area contributed by atoms with Crippen molar-refractivity contribution in [2.24, 2.45) is 0 Å². The second kappa shape index (κ2) is 9.31. The minimum absolute atomic E-state index is 0.0188. The van der Waals surface area contributed by atoms with E-state index in [1.807, 2.05) is 37.3 Å². The van der Waals surface area contributed by atoms with Crippen LogP contribution in [0, 0.1) is 0 Å². The lowest BCUT2D eigenvalue weighted by Gasteiger charge is -2.19. The van der Waals surface area contributed by atoms with Gasteiger partial charge in [0.05, 0.1) is 13.7 Å². The molecule has 144 valence electrons. The van der Waals surface area contributed by atoms with Crippen molar-refractivity contribution >= 4 is 5.91 Å². The Morgan fingerprint density at radius 2 is 1.89 bits per heavy atom. The SMILES string of the molecule is CCOc1cc(CNC(=O)COc2cccc3c2CCCC3)ccc1OC. The summed E-state index contributed by atoms with van der Waals surface area (Å²) in [5, 5.41) is 2.90. The average molecular weight is 369 g/mol. The van der Waals surface area contributed by atoms with E-state index in [-0.39, 0.29) is 12.5 Å². The quantitative estimate of drug-likeness (QED) is 0.771. The summed E-state index contributed by atoms with van der Waals surface area (Å²) in [6.45, 7) is 2.92. The predicted octanol–water partition coefficient (Wildman–Crippen LogP) is 3.67. The molecule has 5 heteroatoms. The first kappa shape index (κ1) is 19.1. The highest BCUT2D eigenvalue weighted by Gasteiger charge is 2.14. The van der Waals surface area contributed by atoms with Gasteiger partial charge in [0, 0.05) is 6.54 Å². The highest BCUT2D eigenvalue weighted by atomic mass is 16.5. The molecule has 0 spiro atoms. The van der Waals surface area contributed by atoms with Crippen LogP contribution in [-0.2, 0) is 24.2 Å². The fraction of sp³-hybridized carbons (Fsp3) is 0.409. The number of amides is 1. The van der Waals surface area contributed by atoms with Crippen LogP contribution in [0.15, 0.2) is 36.4 Å². The number of benzene rings is 2. The van der Waals surface area contributed by atoms with E-state index in [9.17, 15) is 4.79 Å². The molecule has 0 radical (unpaired) electrons. The molecule has 3 rings (SSSR count). The Balaban J connectivity index is 1.54. The molecule has 2 aromatic carbocycles. The minimum atomic E-state index is -0.141. The van der Waals surface area contributed by atoms with E-state index in [0.29, 0.717) is 24.7 Å².